The molecule has 1 heterocycles. The second kappa shape index (κ2) is 9.76. The minimum absolute atomic E-state index is 0.180. The Balaban J connectivity index is 1.71. The Morgan fingerprint density at radius 3 is 2.48 bits per heavy atom. The minimum atomic E-state index is -0.199. The van der Waals surface area contributed by atoms with Crippen LogP contribution in [0.4, 0.5) is 0 Å². The van der Waals surface area contributed by atoms with E-state index < -0.39 is 0 Å². The zero-order chi connectivity index (χ0) is 21.6. The Morgan fingerprint density at radius 2 is 1.71 bits per heavy atom. The number of benzene rings is 3. The summed E-state index contributed by atoms with van der Waals surface area (Å²) in [5, 5.41) is 26.5. The van der Waals surface area contributed by atoms with Gasteiger partial charge in [-0.25, -0.2) is 4.68 Å². The van der Waals surface area contributed by atoms with Gasteiger partial charge < -0.3 is 10.2 Å². The first kappa shape index (κ1) is 21.1. The van der Waals surface area contributed by atoms with Gasteiger partial charge in [0.05, 0.1) is 11.9 Å². The second-order valence-corrected chi connectivity index (χ2v) is 8.55. The monoisotopic (exact) mass is 493 g/mol. The van der Waals surface area contributed by atoms with E-state index in [9.17, 15) is 10.2 Å². The van der Waals surface area contributed by atoms with Crippen LogP contribution in [-0.2, 0) is 6.42 Å². The van der Waals surface area contributed by atoms with Crippen LogP contribution >= 0.6 is 27.3 Å². The van der Waals surface area contributed by atoms with Crippen molar-refractivity contribution in [2.75, 3.05) is 6.54 Å². The highest BCUT2D eigenvalue weighted by molar-refractivity contribution is 9.10. The van der Waals surface area contributed by atoms with E-state index in [0.717, 1.165) is 27.0 Å². The van der Waals surface area contributed by atoms with Crippen molar-refractivity contribution in [2.24, 2.45) is 10.1 Å². The maximum Gasteiger partial charge on any atom is 0.206 e. The number of hydrogen-bond donors (Lipinski definition) is 2. The highest BCUT2D eigenvalue weighted by Crippen LogP contribution is 2.27. The molecule has 3 aromatic carbocycles. The fraction of sp³-hybridized carbons (Fsp3) is 0.0833. The lowest BCUT2D eigenvalue weighted by atomic mass is 10.2. The Bertz CT molecular complexity index is 1260. The van der Waals surface area contributed by atoms with E-state index in [-0.39, 0.29) is 11.5 Å². The van der Waals surface area contributed by atoms with E-state index in [1.807, 2.05) is 47.8 Å². The largest absolute Gasteiger partial charge is 0.504 e. The van der Waals surface area contributed by atoms with Crippen LogP contribution in [0.15, 0.2) is 92.7 Å². The van der Waals surface area contributed by atoms with E-state index in [0.29, 0.717) is 12.1 Å². The Kier molecular flexibility index (Phi) is 6.64. The summed E-state index contributed by atoms with van der Waals surface area (Å²) in [6.07, 6.45) is 2.36. The molecule has 0 aliphatic carbocycles. The summed E-state index contributed by atoms with van der Waals surface area (Å²) in [6, 6.07) is 23.0. The summed E-state index contributed by atoms with van der Waals surface area (Å²) < 4.78 is 2.77. The Morgan fingerprint density at radius 1 is 0.935 bits per heavy atom. The molecule has 0 saturated carbocycles. The summed E-state index contributed by atoms with van der Waals surface area (Å²) >= 11 is 4.98. The van der Waals surface area contributed by atoms with Gasteiger partial charge in [-0.2, -0.15) is 5.10 Å². The zero-order valence-electron chi connectivity index (χ0n) is 16.5. The second-order valence-electron chi connectivity index (χ2n) is 6.80. The van der Waals surface area contributed by atoms with Gasteiger partial charge in [-0.3, -0.25) is 4.99 Å². The third-order valence-corrected chi connectivity index (χ3v) is 6.06. The van der Waals surface area contributed by atoms with Gasteiger partial charge in [0.15, 0.2) is 11.5 Å². The molecule has 0 aliphatic rings. The molecular weight excluding hydrogens is 474 g/mol. The van der Waals surface area contributed by atoms with Crippen molar-refractivity contribution in [3.05, 3.63) is 98.6 Å². The van der Waals surface area contributed by atoms with Crippen LogP contribution in [0.1, 0.15) is 11.1 Å². The average molecular weight is 494 g/mol. The summed E-state index contributed by atoms with van der Waals surface area (Å²) in [6.45, 7) is 0.636. The molecule has 0 aliphatic heterocycles. The standard InChI is InChI=1S/C24H20BrN3O2S/c25-20-11-9-18(10-12-20)21-16-31-24(26-14-13-17-5-2-1-3-6-17)28(21)27-15-19-7-4-8-22(29)23(19)30/h1-12,15-16,29-30H,13-14H2. The van der Waals surface area contributed by atoms with E-state index in [1.54, 1.807) is 16.8 Å². The third-order valence-electron chi connectivity index (χ3n) is 4.67. The molecule has 1 aromatic heterocycles. The van der Waals surface area contributed by atoms with Crippen LogP contribution in [0, 0.1) is 0 Å². The highest BCUT2D eigenvalue weighted by Gasteiger charge is 2.09. The van der Waals surface area contributed by atoms with Crippen molar-refractivity contribution in [1.82, 2.24) is 4.68 Å². The number of halogens is 1. The van der Waals surface area contributed by atoms with E-state index in [1.165, 1.54) is 29.2 Å². The third kappa shape index (κ3) is 5.13. The maximum absolute atomic E-state index is 10.1. The lowest BCUT2D eigenvalue weighted by Crippen LogP contribution is -2.13. The highest BCUT2D eigenvalue weighted by atomic mass is 79.9. The van der Waals surface area contributed by atoms with Crippen LogP contribution in [0.25, 0.3) is 11.3 Å². The average Bonchev–Trinajstić information content (AvgIpc) is 3.19. The van der Waals surface area contributed by atoms with Gasteiger partial charge in [0.25, 0.3) is 0 Å². The quantitative estimate of drug-likeness (QED) is 0.278. The summed E-state index contributed by atoms with van der Waals surface area (Å²) in [4.78, 5) is 5.52. The smallest absolute Gasteiger partial charge is 0.206 e. The van der Waals surface area contributed by atoms with Crippen molar-refractivity contribution in [1.29, 1.82) is 0 Å². The Hall–Kier alpha value is -3.16. The molecule has 31 heavy (non-hydrogen) atoms. The predicted molar refractivity (Wildman–Crippen MR) is 129 cm³/mol. The number of aromatic hydroxyl groups is 2. The van der Waals surface area contributed by atoms with E-state index >= 15 is 0 Å². The number of aromatic nitrogens is 1. The van der Waals surface area contributed by atoms with Gasteiger partial charge >= 0.3 is 0 Å². The molecule has 0 radical (unpaired) electrons. The van der Waals surface area contributed by atoms with Crippen LogP contribution in [0.5, 0.6) is 11.5 Å². The molecule has 0 spiro atoms. The number of phenols is 2. The number of nitrogens with zero attached hydrogens (tertiary/aromatic N) is 3. The zero-order valence-corrected chi connectivity index (χ0v) is 18.9. The molecule has 7 heteroatoms. The van der Waals surface area contributed by atoms with Crippen LogP contribution in [-0.4, -0.2) is 27.6 Å². The molecule has 0 unspecified atom stereocenters. The Labute approximate surface area is 192 Å². The summed E-state index contributed by atoms with van der Waals surface area (Å²) in [5.74, 6) is -0.380. The number of hydrogen-bond acceptors (Lipinski definition) is 5. The van der Waals surface area contributed by atoms with Gasteiger partial charge in [-0.05, 0) is 36.2 Å². The molecule has 4 rings (SSSR count). The van der Waals surface area contributed by atoms with Crippen molar-refractivity contribution >= 4 is 33.5 Å². The van der Waals surface area contributed by atoms with Crippen LogP contribution < -0.4 is 4.80 Å². The van der Waals surface area contributed by atoms with Crippen molar-refractivity contribution in [3.8, 4) is 22.8 Å². The van der Waals surface area contributed by atoms with Crippen molar-refractivity contribution in [2.45, 2.75) is 6.42 Å². The van der Waals surface area contributed by atoms with Gasteiger partial charge in [-0.15, -0.1) is 11.3 Å². The lowest BCUT2D eigenvalue weighted by molar-refractivity contribution is 0.403. The predicted octanol–water partition coefficient (Wildman–Crippen LogP) is 5.42. The molecular formula is C24H20BrN3O2S. The molecule has 2 N–H and O–H groups in total. The topological polar surface area (TPSA) is 70.1 Å². The SMILES string of the molecule is Oc1cccc(C=Nn2c(-c3ccc(Br)cc3)csc2=NCCc2ccccc2)c1O. The normalized spacial score (nSPS) is 12.0. The van der Waals surface area contributed by atoms with Gasteiger partial charge in [0, 0.05) is 27.5 Å². The first-order chi connectivity index (χ1) is 15.1. The maximum atomic E-state index is 10.1. The fourth-order valence-electron chi connectivity index (χ4n) is 3.04. The van der Waals surface area contributed by atoms with E-state index in [4.69, 9.17) is 4.99 Å². The lowest BCUT2D eigenvalue weighted by Gasteiger charge is -2.05. The molecule has 5 nitrogen and oxygen atoms in total. The van der Waals surface area contributed by atoms with Crippen molar-refractivity contribution in [3.63, 3.8) is 0 Å². The molecule has 4 aromatic rings. The number of thiazole rings is 1. The minimum Gasteiger partial charge on any atom is -0.504 e. The first-order valence-electron chi connectivity index (χ1n) is 9.68. The van der Waals surface area contributed by atoms with Gasteiger partial charge in [-0.1, -0.05) is 64.5 Å². The molecule has 0 atom stereocenters. The van der Waals surface area contributed by atoms with E-state index in [2.05, 4.69) is 33.2 Å². The van der Waals surface area contributed by atoms with Gasteiger partial charge in [0.1, 0.15) is 0 Å². The summed E-state index contributed by atoms with van der Waals surface area (Å²) in [5.41, 5.74) is 3.56. The molecule has 0 amide bonds. The summed E-state index contributed by atoms with van der Waals surface area (Å²) in [7, 11) is 0. The van der Waals surface area contributed by atoms with Crippen LogP contribution in [0.3, 0.4) is 0 Å². The molecule has 0 bridgehead atoms. The van der Waals surface area contributed by atoms with Gasteiger partial charge in [0.2, 0.25) is 4.80 Å². The fourth-order valence-corrected chi connectivity index (χ4v) is 4.16. The first-order valence-corrected chi connectivity index (χ1v) is 11.4. The van der Waals surface area contributed by atoms with Crippen LogP contribution in [0.2, 0.25) is 0 Å². The molecule has 0 fully saturated rings. The van der Waals surface area contributed by atoms with Crippen molar-refractivity contribution < 1.29 is 10.2 Å². The number of phenolic OH excluding ortho intramolecular Hbond substituents is 2. The number of rotatable bonds is 6. The molecule has 0 saturated heterocycles. The number of para-hydroxylation sites is 1. The molecule has 156 valence electrons.